The second-order valence-corrected chi connectivity index (χ2v) is 8.12. The zero-order chi connectivity index (χ0) is 24.8. The number of carbonyl (C=O) groups is 3. The van der Waals surface area contributed by atoms with E-state index in [1.165, 1.54) is 19.2 Å². The van der Waals surface area contributed by atoms with Crippen LogP contribution in [0.2, 0.25) is 0 Å². The first-order valence-electron chi connectivity index (χ1n) is 11.3. The molecule has 180 valence electrons. The molecule has 0 bridgehead atoms. The van der Waals surface area contributed by atoms with E-state index < -0.39 is 12.1 Å². The van der Waals surface area contributed by atoms with Crippen LogP contribution in [-0.4, -0.2) is 43.3 Å². The van der Waals surface area contributed by atoms with E-state index in [-0.39, 0.29) is 42.7 Å². The molecule has 0 fully saturated rings. The summed E-state index contributed by atoms with van der Waals surface area (Å²) in [6, 6.07) is 20.9. The Labute approximate surface area is 202 Å². The number of anilines is 1. The summed E-state index contributed by atoms with van der Waals surface area (Å²) in [5.41, 5.74) is 5.25. The summed E-state index contributed by atoms with van der Waals surface area (Å²) in [6.45, 7) is 0.419. The predicted molar refractivity (Wildman–Crippen MR) is 131 cm³/mol. The molecular formula is C27H26N2O6. The number of methoxy groups -OCH3 is 1. The highest BCUT2D eigenvalue weighted by atomic mass is 16.5. The number of rotatable bonds is 9. The topological polar surface area (TPSA) is 114 Å². The molecule has 0 spiro atoms. The average molecular weight is 475 g/mol. The van der Waals surface area contributed by atoms with E-state index in [2.05, 4.69) is 34.9 Å². The minimum atomic E-state index is -0.916. The molecule has 35 heavy (non-hydrogen) atoms. The number of carbonyl (C=O) groups excluding carboxylic acids is 2. The number of carboxylic acid groups (broad SMARTS) is 1. The van der Waals surface area contributed by atoms with Gasteiger partial charge in [-0.05, 0) is 40.8 Å². The predicted octanol–water partition coefficient (Wildman–Crippen LogP) is 4.65. The molecule has 0 aromatic heterocycles. The zero-order valence-corrected chi connectivity index (χ0v) is 19.2. The van der Waals surface area contributed by atoms with Crippen LogP contribution in [0.4, 0.5) is 10.5 Å². The zero-order valence-electron chi connectivity index (χ0n) is 19.2. The van der Waals surface area contributed by atoms with E-state index in [0.717, 1.165) is 22.3 Å². The monoisotopic (exact) mass is 474 g/mol. The van der Waals surface area contributed by atoms with Gasteiger partial charge in [0, 0.05) is 30.6 Å². The highest BCUT2D eigenvalue weighted by molar-refractivity contribution is 5.98. The normalized spacial score (nSPS) is 11.8. The Morgan fingerprint density at radius 3 is 2.23 bits per heavy atom. The van der Waals surface area contributed by atoms with Crippen LogP contribution in [0.3, 0.4) is 0 Å². The molecule has 1 aliphatic carbocycles. The van der Waals surface area contributed by atoms with Crippen molar-refractivity contribution in [3.05, 3.63) is 83.4 Å². The van der Waals surface area contributed by atoms with Crippen molar-refractivity contribution in [2.24, 2.45) is 0 Å². The number of aliphatic carboxylic acids is 1. The van der Waals surface area contributed by atoms with Crippen LogP contribution in [-0.2, 0) is 9.53 Å². The van der Waals surface area contributed by atoms with Gasteiger partial charge in [0.1, 0.15) is 12.4 Å². The number of amides is 2. The minimum Gasteiger partial charge on any atom is -0.496 e. The molecule has 0 radical (unpaired) electrons. The summed E-state index contributed by atoms with van der Waals surface area (Å²) < 4.78 is 10.9. The highest BCUT2D eigenvalue weighted by Crippen LogP contribution is 2.44. The van der Waals surface area contributed by atoms with Crippen molar-refractivity contribution in [3.63, 3.8) is 0 Å². The highest BCUT2D eigenvalue weighted by Gasteiger charge is 2.29. The van der Waals surface area contributed by atoms with Gasteiger partial charge in [0.15, 0.2) is 0 Å². The van der Waals surface area contributed by atoms with E-state index in [9.17, 15) is 14.4 Å². The van der Waals surface area contributed by atoms with E-state index >= 15 is 0 Å². The average Bonchev–Trinajstić information content (AvgIpc) is 3.18. The van der Waals surface area contributed by atoms with Gasteiger partial charge in [-0.15, -0.1) is 0 Å². The summed E-state index contributed by atoms with van der Waals surface area (Å²) in [6.07, 6.45) is -0.314. The van der Waals surface area contributed by atoms with Gasteiger partial charge in [0.05, 0.1) is 12.7 Å². The van der Waals surface area contributed by atoms with Gasteiger partial charge in [0.2, 0.25) is 0 Å². The summed E-state index contributed by atoms with van der Waals surface area (Å²) in [5, 5.41) is 14.0. The molecule has 8 nitrogen and oxygen atoms in total. The van der Waals surface area contributed by atoms with Gasteiger partial charge >= 0.3 is 12.1 Å². The third-order valence-corrected chi connectivity index (χ3v) is 5.89. The van der Waals surface area contributed by atoms with Crippen LogP contribution in [0, 0.1) is 0 Å². The summed E-state index contributed by atoms with van der Waals surface area (Å²) in [7, 11) is 1.42. The SMILES string of the molecule is COc1cc(NC(=O)OCC2c3ccccc3-c3ccccc32)ccc1C(=O)NCCCC(=O)O. The Kier molecular flexibility index (Phi) is 7.30. The fourth-order valence-corrected chi connectivity index (χ4v) is 4.25. The molecule has 0 heterocycles. The molecule has 2 amide bonds. The second kappa shape index (κ2) is 10.7. The van der Waals surface area contributed by atoms with Gasteiger partial charge in [-0.1, -0.05) is 48.5 Å². The number of nitrogens with one attached hydrogen (secondary N) is 2. The Morgan fingerprint density at radius 1 is 0.943 bits per heavy atom. The molecule has 0 saturated heterocycles. The summed E-state index contributed by atoms with van der Waals surface area (Å²) in [5.74, 6) is -1.08. The van der Waals surface area contributed by atoms with Gasteiger partial charge in [0.25, 0.3) is 5.91 Å². The van der Waals surface area contributed by atoms with E-state index in [0.29, 0.717) is 12.1 Å². The van der Waals surface area contributed by atoms with Crippen LogP contribution in [0.25, 0.3) is 11.1 Å². The van der Waals surface area contributed by atoms with Crippen molar-refractivity contribution in [1.82, 2.24) is 5.32 Å². The molecule has 0 atom stereocenters. The van der Waals surface area contributed by atoms with Crippen molar-refractivity contribution >= 4 is 23.7 Å². The fourth-order valence-electron chi connectivity index (χ4n) is 4.25. The molecule has 1 aliphatic rings. The molecule has 3 N–H and O–H groups in total. The lowest BCUT2D eigenvalue weighted by Gasteiger charge is -2.15. The van der Waals surface area contributed by atoms with Crippen LogP contribution >= 0.6 is 0 Å². The Morgan fingerprint density at radius 2 is 1.60 bits per heavy atom. The largest absolute Gasteiger partial charge is 0.496 e. The van der Waals surface area contributed by atoms with E-state index in [1.807, 2.05) is 24.3 Å². The van der Waals surface area contributed by atoms with Crippen molar-refractivity contribution in [2.45, 2.75) is 18.8 Å². The number of benzene rings is 3. The maximum Gasteiger partial charge on any atom is 0.411 e. The lowest BCUT2D eigenvalue weighted by atomic mass is 9.98. The summed E-state index contributed by atoms with van der Waals surface area (Å²) >= 11 is 0. The number of ether oxygens (including phenoxy) is 2. The number of hydrogen-bond acceptors (Lipinski definition) is 5. The third kappa shape index (κ3) is 5.43. The number of hydrogen-bond donors (Lipinski definition) is 3. The van der Waals surface area contributed by atoms with Crippen molar-refractivity contribution in [1.29, 1.82) is 0 Å². The van der Waals surface area contributed by atoms with Crippen molar-refractivity contribution in [3.8, 4) is 16.9 Å². The summed E-state index contributed by atoms with van der Waals surface area (Å²) in [4.78, 5) is 35.5. The van der Waals surface area contributed by atoms with Crippen molar-refractivity contribution in [2.75, 3.05) is 25.6 Å². The lowest BCUT2D eigenvalue weighted by Crippen LogP contribution is -2.25. The van der Waals surface area contributed by atoms with Gasteiger partial charge in [-0.3, -0.25) is 14.9 Å². The Balaban J connectivity index is 1.37. The first kappa shape index (κ1) is 23.8. The Hall–Kier alpha value is -4.33. The quantitative estimate of drug-likeness (QED) is 0.389. The van der Waals surface area contributed by atoms with Gasteiger partial charge in [-0.25, -0.2) is 4.79 Å². The molecular weight excluding hydrogens is 448 g/mol. The Bertz CT molecular complexity index is 1210. The molecule has 8 heteroatoms. The standard InChI is InChI=1S/C27H26N2O6/c1-34-24-15-17(12-13-22(24)26(32)28-14-6-11-25(30)31)29-27(33)35-16-23-20-9-4-2-7-18(20)19-8-3-5-10-21(19)23/h2-5,7-10,12-13,15,23H,6,11,14,16H2,1H3,(H,28,32)(H,29,33)(H,30,31). The second-order valence-electron chi connectivity index (χ2n) is 8.12. The lowest BCUT2D eigenvalue weighted by molar-refractivity contribution is -0.137. The first-order valence-corrected chi connectivity index (χ1v) is 11.3. The molecule has 3 aromatic carbocycles. The maximum absolute atomic E-state index is 12.5. The van der Waals surface area contributed by atoms with Gasteiger partial charge in [-0.2, -0.15) is 0 Å². The maximum atomic E-state index is 12.5. The molecule has 0 saturated carbocycles. The minimum absolute atomic E-state index is 0.0274. The van der Waals surface area contributed by atoms with Crippen molar-refractivity contribution < 1.29 is 29.0 Å². The van der Waals surface area contributed by atoms with Crippen LogP contribution in [0.15, 0.2) is 66.7 Å². The fraction of sp³-hybridized carbons (Fsp3) is 0.222. The smallest absolute Gasteiger partial charge is 0.411 e. The third-order valence-electron chi connectivity index (χ3n) is 5.89. The number of fused-ring (bicyclic) bond motifs is 3. The first-order chi connectivity index (χ1) is 17.0. The number of carboxylic acids is 1. The van der Waals surface area contributed by atoms with Crippen LogP contribution in [0.5, 0.6) is 5.75 Å². The van der Waals surface area contributed by atoms with E-state index in [1.54, 1.807) is 6.07 Å². The molecule has 0 aliphatic heterocycles. The molecule has 0 unspecified atom stereocenters. The molecule has 4 rings (SSSR count). The van der Waals surface area contributed by atoms with Gasteiger partial charge < -0.3 is 19.9 Å². The molecule has 3 aromatic rings. The van der Waals surface area contributed by atoms with Crippen LogP contribution < -0.4 is 15.4 Å². The van der Waals surface area contributed by atoms with Crippen LogP contribution in [0.1, 0.15) is 40.2 Å². The van der Waals surface area contributed by atoms with E-state index in [4.69, 9.17) is 14.6 Å².